The van der Waals surface area contributed by atoms with Gasteiger partial charge in [0.05, 0.1) is 14.4 Å². The van der Waals surface area contributed by atoms with Gasteiger partial charge in [-0.15, -0.1) is 0 Å². The topological polar surface area (TPSA) is 122 Å². The normalized spacial score (nSPS) is 15.9. The van der Waals surface area contributed by atoms with Crippen LogP contribution in [-0.2, 0) is 18.0 Å². The molecular weight excluding hydrogens is 594 g/mol. The smallest absolute Gasteiger partial charge is 0.272 e. The van der Waals surface area contributed by atoms with Crippen molar-refractivity contribution in [3.63, 3.8) is 0 Å². The summed E-state index contributed by atoms with van der Waals surface area (Å²) in [5, 5.41) is 0. The van der Waals surface area contributed by atoms with Crippen molar-refractivity contribution in [2.75, 3.05) is 6.61 Å². The lowest BCUT2D eigenvalue weighted by molar-refractivity contribution is -0.339. The molecule has 0 aromatic rings. The number of hydrogen-bond acceptors (Lipinski definition) is 7. The van der Waals surface area contributed by atoms with Crippen molar-refractivity contribution >= 4 is 15.6 Å². The van der Waals surface area contributed by atoms with Gasteiger partial charge in [-0.05, 0) is 132 Å². The molecule has 252 valence electrons. The zero-order valence-electron chi connectivity index (χ0n) is 28.5. The molecule has 0 spiro atoms. The van der Waals surface area contributed by atoms with E-state index in [1.807, 2.05) is 6.92 Å². The summed E-state index contributed by atoms with van der Waals surface area (Å²) < 4.78 is 29.5. The van der Waals surface area contributed by atoms with Crippen molar-refractivity contribution in [3.05, 3.63) is 81.5 Å². The fraction of sp³-hybridized carbons (Fsp3) is 0.600. The first-order valence-electron chi connectivity index (χ1n) is 15.7. The third-order valence-corrected chi connectivity index (χ3v) is 9.18. The Morgan fingerprint density at radius 1 is 0.477 bits per heavy atom. The molecule has 0 aliphatic rings. The number of allylic oxidation sites excluding steroid dienone is 13. The number of phosphoric ester groups is 1. The summed E-state index contributed by atoms with van der Waals surface area (Å²) in [5.41, 5.74) is 9.41. The van der Waals surface area contributed by atoms with Crippen LogP contribution in [0.1, 0.15) is 132 Å². The molecule has 7 nitrogen and oxygen atoms in total. The van der Waals surface area contributed by atoms with Crippen LogP contribution in [0.3, 0.4) is 0 Å². The van der Waals surface area contributed by atoms with E-state index in [0.717, 1.165) is 76.2 Å². The van der Waals surface area contributed by atoms with Gasteiger partial charge in [-0.3, -0.25) is 8.88 Å². The molecule has 0 aromatic heterocycles. The SMILES string of the molecule is CC(C)=CCC/C(C)=C/CC/C(C)=C/CC/C(C)=C\CC/C(C)=C\CC/C(C)=C\CC/C(C)=C\COP(=O)([O-])OP(=O)([O-])[O-]. The monoisotopic (exact) mass is 651 g/mol. The van der Waals surface area contributed by atoms with Gasteiger partial charge in [-0.1, -0.05) is 81.5 Å². The van der Waals surface area contributed by atoms with Gasteiger partial charge in [0.2, 0.25) is 0 Å². The first-order valence-corrected chi connectivity index (χ1v) is 18.7. The van der Waals surface area contributed by atoms with Crippen molar-refractivity contribution in [1.29, 1.82) is 0 Å². The van der Waals surface area contributed by atoms with Crippen LogP contribution >= 0.6 is 15.6 Å². The Hall–Kier alpha value is -1.56. The van der Waals surface area contributed by atoms with E-state index in [0.29, 0.717) is 6.42 Å². The molecule has 0 N–H and O–H groups in total. The Labute approximate surface area is 268 Å². The average Bonchev–Trinajstić information content (AvgIpc) is 2.87. The molecule has 0 heterocycles. The van der Waals surface area contributed by atoms with Crippen LogP contribution in [0.4, 0.5) is 0 Å². The minimum Gasteiger partial charge on any atom is -0.790 e. The average molecular weight is 652 g/mol. The summed E-state index contributed by atoms with van der Waals surface area (Å²) in [7, 11) is -10.8. The van der Waals surface area contributed by atoms with Gasteiger partial charge >= 0.3 is 0 Å². The molecule has 0 radical (unpaired) electrons. The highest BCUT2D eigenvalue weighted by Crippen LogP contribution is 2.50. The molecule has 0 rings (SSSR count). The van der Waals surface area contributed by atoms with Crippen molar-refractivity contribution in [2.45, 2.75) is 132 Å². The molecule has 0 amide bonds. The van der Waals surface area contributed by atoms with E-state index in [1.165, 1.54) is 39.5 Å². The minimum atomic E-state index is -5.66. The lowest BCUT2D eigenvalue weighted by Gasteiger charge is -2.34. The molecule has 0 aliphatic heterocycles. The molecule has 0 aliphatic carbocycles. The second kappa shape index (κ2) is 23.7. The maximum absolute atomic E-state index is 11.3. The van der Waals surface area contributed by atoms with Gasteiger partial charge < -0.3 is 23.8 Å². The van der Waals surface area contributed by atoms with Crippen LogP contribution in [0.25, 0.3) is 0 Å². The molecule has 44 heavy (non-hydrogen) atoms. The molecule has 0 saturated heterocycles. The van der Waals surface area contributed by atoms with E-state index < -0.39 is 15.6 Å². The molecule has 9 heteroatoms. The minimum absolute atomic E-state index is 0.389. The molecule has 1 atom stereocenters. The van der Waals surface area contributed by atoms with E-state index in [2.05, 4.69) is 93.8 Å². The van der Waals surface area contributed by atoms with Gasteiger partial charge in [-0.25, -0.2) is 0 Å². The van der Waals surface area contributed by atoms with Gasteiger partial charge in [0.25, 0.3) is 7.82 Å². The fourth-order valence-electron chi connectivity index (χ4n) is 4.35. The zero-order chi connectivity index (χ0) is 33.6. The maximum Gasteiger partial charge on any atom is 0.272 e. The lowest BCUT2D eigenvalue weighted by atomic mass is 10.0. The van der Waals surface area contributed by atoms with Crippen molar-refractivity contribution < 1.29 is 32.6 Å². The largest absolute Gasteiger partial charge is 0.790 e. The van der Waals surface area contributed by atoms with Crippen LogP contribution in [0.5, 0.6) is 0 Å². The predicted molar refractivity (Wildman–Crippen MR) is 180 cm³/mol. The van der Waals surface area contributed by atoms with Gasteiger partial charge in [0.15, 0.2) is 0 Å². The highest BCUT2D eigenvalue weighted by molar-refractivity contribution is 7.58. The Balaban J connectivity index is 4.26. The lowest BCUT2D eigenvalue weighted by Crippen LogP contribution is -2.19. The summed E-state index contributed by atoms with van der Waals surface area (Å²) >= 11 is 0. The van der Waals surface area contributed by atoms with E-state index in [1.54, 1.807) is 0 Å². The molecule has 0 aromatic carbocycles. The number of hydrogen-bond donors (Lipinski definition) is 0. The first kappa shape index (κ1) is 42.4. The summed E-state index contributed by atoms with van der Waals surface area (Å²) in [6.45, 7) is 16.8. The molecule has 1 unspecified atom stereocenters. The summed E-state index contributed by atoms with van der Waals surface area (Å²) in [5.74, 6) is 0. The number of phosphoric acid groups is 2. The Bertz CT molecular complexity index is 1160. The van der Waals surface area contributed by atoms with E-state index in [4.69, 9.17) is 0 Å². The van der Waals surface area contributed by atoms with Gasteiger partial charge in [0, 0.05) is 0 Å². The summed E-state index contributed by atoms with van der Waals surface area (Å²) in [6, 6.07) is 0. The Morgan fingerprint density at radius 3 is 1.02 bits per heavy atom. The van der Waals surface area contributed by atoms with Gasteiger partial charge in [0.1, 0.15) is 0 Å². The van der Waals surface area contributed by atoms with Crippen molar-refractivity contribution in [1.82, 2.24) is 0 Å². The van der Waals surface area contributed by atoms with Crippen LogP contribution in [0.15, 0.2) is 81.5 Å². The van der Waals surface area contributed by atoms with Crippen molar-refractivity contribution in [2.24, 2.45) is 0 Å². The van der Waals surface area contributed by atoms with E-state index in [-0.39, 0.29) is 6.61 Å². The highest BCUT2D eigenvalue weighted by Gasteiger charge is 2.10. The van der Waals surface area contributed by atoms with Crippen molar-refractivity contribution in [3.8, 4) is 0 Å². The second-order valence-corrected chi connectivity index (χ2v) is 14.8. The number of rotatable bonds is 23. The molecule has 0 bridgehead atoms. The van der Waals surface area contributed by atoms with E-state index in [9.17, 15) is 23.8 Å². The third kappa shape index (κ3) is 28.0. The maximum atomic E-state index is 11.3. The molecule has 0 fully saturated rings. The van der Waals surface area contributed by atoms with E-state index >= 15 is 0 Å². The fourth-order valence-corrected chi connectivity index (χ4v) is 5.77. The van der Waals surface area contributed by atoms with Gasteiger partial charge in [-0.2, -0.15) is 0 Å². The van der Waals surface area contributed by atoms with Crippen LogP contribution in [-0.4, -0.2) is 6.61 Å². The summed E-state index contributed by atoms with van der Waals surface area (Å²) in [4.78, 5) is 32.1. The predicted octanol–water partition coefficient (Wildman–Crippen LogP) is 9.64. The zero-order valence-corrected chi connectivity index (χ0v) is 30.3. The quantitative estimate of drug-likeness (QED) is 0.0796. The summed E-state index contributed by atoms with van der Waals surface area (Å²) in [6.07, 6.45) is 27.9. The second-order valence-electron chi connectivity index (χ2n) is 12.1. The van der Waals surface area contributed by atoms with Crippen LogP contribution in [0, 0.1) is 0 Å². The van der Waals surface area contributed by atoms with Crippen LogP contribution < -0.4 is 14.7 Å². The standard InChI is InChI=1S/C35H60O7P2/c1-29(2)15-9-16-30(3)17-10-18-31(4)19-11-20-32(5)21-12-22-33(6)23-13-24-34(7)25-14-26-35(8)27-28-41-44(39,40)42-43(36,37)38/h15,17,19,21,23,25,27H,9-14,16,18,20,22,24,26,28H2,1-8H3,(H,39,40)(H2,36,37,38)/p-3/b30-17+,31-19+,32-21-,33-23-,34-25-,35-27-. The first-order chi connectivity index (χ1) is 20.5. The van der Waals surface area contributed by atoms with Crippen LogP contribution in [0.2, 0.25) is 0 Å². The third-order valence-electron chi connectivity index (χ3n) is 7.11. The molecular formula is C35H57O7P2-3. The Morgan fingerprint density at radius 2 is 0.750 bits per heavy atom. The Kier molecular flexibility index (Phi) is 22.9. The highest BCUT2D eigenvalue weighted by atomic mass is 31.3. The molecule has 0 saturated carbocycles.